The molecule has 18 nitrogen and oxygen atoms in total. The largest absolute Gasteiger partial charge is 0.478 e. The Bertz CT molecular complexity index is 3190. The van der Waals surface area contributed by atoms with Crippen molar-refractivity contribution in [3.63, 3.8) is 0 Å². The van der Waals surface area contributed by atoms with Crippen LogP contribution in [0, 0.1) is 0 Å². The van der Waals surface area contributed by atoms with Gasteiger partial charge in [-0.25, -0.2) is 19.2 Å². The van der Waals surface area contributed by atoms with Gasteiger partial charge in [0.25, 0.3) is 11.8 Å². The normalized spacial score (nSPS) is 10.9. The molecule has 404 valence electrons. The Kier molecular flexibility index (Phi) is 21.2. The second kappa shape index (κ2) is 26.8. The summed E-state index contributed by atoms with van der Waals surface area (Å²) in [6.07, 6.45) is 1.57. The first-order chi connectivity index (χ1) is 35.8. The Morgan fingerprint density at radius 3 is 1.19 bits per heavy atom. The van der Waals surface area contributed by atoms with E-state index in [1.165, 1.54) is 86.6 Å². The van der Waals surface area contributed by atoms with Crippen LogP contribution in [0.5, 0.6) is 11.5 Å². The molecule has 8 N–H and O–H groups in total. The van der Waals surface area contributed by atoms with Gasteiger partial charge in [0.1, 0.15) is 11.5 Å². The lowest BCUT2D eigenvalue weighted by molar-refractivity contribution is 0.0682. The number of amides is 2. The van der Waals surface area contributed by atoms with Crippen LogP contribution < -0.4 is 26.0 Å². The summed E-state index contributed by atoms with van der Waals surface area (Å²) in [5.41, 5.74) is 2.57. The van der Waals surface area contributed by atoms with Gasteiger partial charge in [0.2, 0.25) is 0 Å². The number of carbonyl (C=O) groups excluding carboxylic acids is 4. The number of ether oxygens (including phenoxy) is 1. The Hall–Kier alpha value is -8.57. The van der Waals surface area contributed by atoms with Gasteiger partial charge >= 0.3 is 23.9 Å². The van der Waals surface area contributed by atoms with Gasteiger partial charge < -0.3 is 50.5 Å². The zero-order chi connectivity index (χ0) is 56.1. The fraction of sp³-hybridized carbons (Fsp3) is 0.228. The number of nitrogens with one attached hydrogen (secondary N) is 4. The predicted molar refractivity (Wildman–Crippen MR) is 301 cm³/mol. The molecule has 20 heteroatoms. The van der Waals surface area contributed by atoms with Crippen LogP contribution in [0.3, 0.4) is 0 Å². The first-order valence-corrected chi connectivity index (χ1v) is 30.1. The SMILES string of the molecule is C.CNC[Si](C)(C)O[Si](C)(C)CCCNC(=O)c1cc(-c2ccc(C(=O)O)c(C(C)=O)c2)ccc1C(=O)O.CNc1ccc(Oc2ccc(NC(=O)c3cc(-c4ccc(C(=O)O)c(C(C)=O)c4)ccc3C(=O)O)cc2)cc1. The Balaban J connectivity index is 0.000000329. The number of rotatable bonds is 22. The van der Waals surface area contributed by atoms with Crippen LogP contribution in [0.25, 0.3) is 22.3 Å². The fourth-order valence-corrected chi connectivity index (χ4v) is 16.9. The Morgan fingerprint density at radius 2 is 0.831 bits per heavy atom. The molecular weight excluding hydrogens is 1020 g/mol. The fourth-order valence-electron chi connectivity index (χ4n) is 8.30. The van der Waals surface area contributed by atoms with Crippen LogP contribution in [0.2, 0.25) is 32.2 Å². The first-order valence-electron chi connectivity index (χ1n) is 23.9. The van der Waals surface area contributed by atoms with Crippen LogP contribution in [-0.4, -0.2) is 111 Å². The highest BCUT2D eigenvalue weighted by Gasteiger charge is 2.32. The van der Waals surface area contributed by atoms with Gasteiger partial charge in [0, 0.05) is 42.3 Å². The Labute approximate surface area is 448 Å². The van der Waals surface area contributed by atoms with Gasteiger partial charge in [0.05, 0.1) is 33.4 Å². The van der Waals surface area contributed by atoms with E-state index < -0.39 is 63.9 Å². The summed E-state index contributed by atoms with van der Waals surface area (Å²) in [5, 5.41) is 49.7. The molecule has 6 aromatic carbocycles. The van der Waals surface area contributed by atoms with Gasteiger partial charge in [0.15, 0.2) is 28.2 Å². The minimum absolute atomic E-state index is 0. The average molecular weight is 1090 g/mol. The molecule has 2 amide bonds. The van der Waals surface area contributed by atoms with Gasteiger partial charge in [-0.3, -0.25) is 19.2 Å². The van der Waals surface area contributed by atoms with Crippen LogP contribution >= 0.6 is 0 Å². The van der Waals surface area contributed by atoms with E-state index in [1.54, 1.807) is 24.3 Å². The minimum atomic E-state index is -1.93. The van der Waals surface area contributed by atoms with Crippen LogP contribution in [-0.2, 0) is 4.12 Å². The van der Waals surface area contributed by atoms with E-state index >= 15 is 0 Å². The summed E-state index contributed by atoms with van der Waals surface area (Å²) < 4.78 is 12.3. The third-order valence-electron chi connectivity index (χ3n) is 11.8. The summed E-state index contributed by atoms with van der Waals surface area (Å²) in [6.45, 7) is 11.6. The van der Waals surface area contributed by atoms with Crippen molar-refractivity contribution in [2.24, 2.45) is 0 Å². The molecule has 0 fully saturated rings. The maximum Gasteiger partial charge on any atom is 0.336 e. The number of hydrogen-bond acceptors (Lipinski definition) is 12. The zero-order valence-corrected chi connectivity index (χ0v) is 45.2. The van der Waals surface area contributed by atoms with E-state index in [0.717, 1.165) is 17.9 Å². The summed E-state index contributed by atoms with van der Waals surface area (Å²) in [4.78, 5) is 96.6. The molecule has 0 unspecified atom stereocenters. The standard InChI is InChI=1S/C30H24N2O7.C26H36N2O7Si2.CH4/c1-17(33)26-15-18(3-13-24(26)29(35)36)19-4-14-25(30(37)38)27(16-19)28(34)32-21-7-11-23(12-8-21)39-22-9-5-20(31-2)6-10-22;1-17(29)22-14-18(8-10-20(22)25(31)32)19-9-11-21(26(33)34)23(15-19)24(30)28-12-7-13-36(3,4)35-37(5,6)16-27-2;/h3-16,31H,1-2H3,(H,32,34)(H,35,36)(H,37,38);8-11,14-15,27H,7,12-13,16H2,1-6H3,(H,28,30)(H,31,32)(H,33,34);1H4. The topological polar surface area (TPSA) is 284 Å². The van der Waals surface area contributed by atoms with Crippen molar-refractivity contribution < 1.29 is 67.6 Å². The molecule has 6 rings (SSSR count). The molecular formula is C57H64N4O14Si2. The zero-order valence-electron chi connectivity index (χ0n) is 43.2. The molecule has 0 aliphatic rings. The number of carboxylic acid groups (broad SMARTS) is 4. The molecule has 0 bridgehead atoms. The highest BCUT2D eigenvalue weighted by atomic mass is 28.4. The third-order valence-corrected chi connectivity index (χ3v) is 19.0. The summed E-state index contributed by atoms with van der Waals surface area (Å²) >= 11 is 0. The molecule has 0 heterocycles. The molecule has 0 saturated carbocycles. The van der Waals surface area contributed by atoms with Gasteiger partial charge in [-0.15, -0.1) is 0 Å². The molecule has 0 saturated heterocycles. The van der Waals surface area contributed by atoms with Crippen molar-refractivity contribution in [1.29, 1.82) is 0 Å². The summed E-state index contributed by atoms with van der Waals surface area (Å²) in [6, 6.07) is 31.8. The number of aromatic carboxylic acids is 4. The molecule has 0 aliphatic carbocycles. The van der Waals surface area contributed by atoms with Crippen LogP contribution in [0.4, 0.5) is 11.4 Å². The minimum Gasteiger partial charge on any atom is -0.478 e. The maximum atomic E-state index is 13.1. The Morgan fingerprint density at radius 1 is 0.468 bits per heavy atom. The van der Waals surface area contributed by atoms with E-state index in [2.05, 4.69) is 47.5 Å². The summed E-state index contributed by atoms with van der Waals surface area (Å²) in [7, 11) is -0.00507. The quantitative estimate of drug-likeness (QED) is 0.0178. The molecule has 77 heavy (non-hydrogen) atoms. The lowest BCUT2D eigenvalue weighted by Crippen LogP contribution is -2.50. The smallest absolute Gasteiger partial charge is 0.336 e. The van der Waals surface area contributed by atoms with Crippen molar-refractivity contribution in [2.45, 2.75) is 59.9 Å². The first kappa shape index (κ1) is 61.0. The molecule has 0 aliphatic heterocycles. The van der Waals surface area contributed by atoms with Gasteiger partial charge in [-0.05, 0) is 179 Å². The van der Waals surface area contributed by atoms with Crippen LogP contribution in [0.1, 0.15) is 111 Å². The van der Waals surface area contributed by atoms with Crippen LogP contribution in [0.15, 0.2) is 121 Å². The molecule has 0 aromatic heterocycles. The van der Waals surface area contributed by atoms with E-state index in [4.69, 9.17) is 8.85 Å². The number of carboxylic acids is 4. The number of benzene rings is 6. The number of Topliss-reactive ketones (excluding diaryl/α,β-unsaturated/α-hetero) is 2. The number of anilines is 2. The predicted octanol–water partition coefficient (Wildman–Crippen LogP) is 10.9. The van der Waals surface area contributed by atoms with Crippen molar-refractivity contribution in [3.8, 4) is 33.8 Å². The molecule has 0 radical (unpaired) electrons. The molecule has 0 atom stereocenters. The number of hydrogen-bond donors (Lipinski definition) is 8. The lowest BCUT2D eigenvalue weighted by atomic mass is 9.94. The molecule has 0 spiro atoms. The van der Waals surface area contributed by atoms with E-state index in [-0.39, 0.29) is 51.9 Å². The van der Waals surface area contributed by atoms with Crippen molar-refractivity contribution in [3.05, 3.63) is 166 Å². The van der Waals surface area contributed by atoms with Crippen molar-refractivity contribution in [2.75, 3.05) is 37.4 Å². The average Bonchev–Trinajstić information content (AvgIpc) is 3.37. The van der Waals surface area contributed by atoms with Gasteiger partial charge in [-0.1, -0.05) is 31.7 Å². The second-order valence-electron chi connectivity index (χ2n) is 18.7. The highest BCUT2D eigenvalue weighted by molar-refractivity contribution is 6.85. The van der Waals surface area contributed by atoms with E-state index in [0.29, 0.717) is 52.4 Å². The second-order valence-corrected chi connectivity index (χ2v) is 27.4. The van der Waals surface area contributed by atoms with Gasteiger partial charge in [-0.2, -0.15) is 0 Å². The highest BCUT2D eigenvalue weighted by Crippen LogP contribution is 2.30. The number of ketones is 2. The van der Waals surface area contributed by atoms with Crippen molar-refractivity contribution >= 4 is 75.3 Å². The van der Waals surface area contributed by atoms with E-state index in [1.807, 2.05) is 38.4 Å². The van der Waals surface area contributed by atoms with E-state index in [9.17, 15) is 58.8 Å². The maximum absolute atomic E-state index is 13.1. The molecule has 6 aromatic rings. The third kappa shape index (κ3) is 16.7. The lowest BCUT2D eigenvalue weighted by Gasteiger charge is -2.34. The number of carbonyl (C=O) groups is 8. The summed E-state index contributed by atoms with van der Waals surface area (Å²) in [5.74, 6) is -5.81. The van der Waals surface area contributed by atoms with Crippen molar-refractivity contribution in [1.82, 2.24) is 10.6 Å². The monoisotopic (exact) mass is 1080 g/mol.